The van der Waals surface area contributed by atoms with E-state index in [-0.39, 0.29) is 0 Å². The van der Waals surface area contributed by atoms with Gasteiger partial charge in [0.2, 0.25) is 0 Å². The van der Waals surface area contributed by atoms with Crippen molar-refractivity contribution in [2.45, 2.75) is 124 Å². The number of benzene rings is 3. The number of unbranched alkanes of at least 4 members (excludes halogenated alkanes) is 14. The van der Waals surface area contributed by atoms with Gasteiger partial charge in [0.15, 0.2) is 0 Å². The van der Waals surface area contributed by atoms with Gasteiger partial charge in [0.05, 0.1) is 13.2 Å². The van der Waals surface area contributed by atoms with Gasteiger partial charge in [-0.25, -0.2) is 0 Å². The van der Waals surface area contributed by atoms with Crippen molar-refractivity contribution >= 4 is 21.5 Å². The molecule has 0 fully saturated rings. The summed E-state index contributed by atoms with van der Waals surface area (Å²) in [6, 6.07) is 15.3. The first-order chi connectivity index (χ1) is 18.3. The summed E-state index contributed by atoms with van der Waals surface area (Å²) in [5, 5.41) is 4.70. The molecule has 0 spiro atoms. The molecule has 2 heteroatoms. The van der Waals surface area contributed by atoms with Gasteiger partial charge in [-0.2, -0.15) is 0 Å². The summed E-state index contributed by atoms with van der Waals surface area (Å²) in [6.45, 7) is 8.28. The molecule has 0 N–H and O–H groups in total. The van der Waals surface area contributed by atoms with Crippen LogP contribution in [-0.4, -0.2) is 13.2 Å². The Hall–Kier alpha value is -2.22. The predicted molar refractivity (Wildman–Crippen MR) is 162 cm³/mol. The van der Waals surface area contributed by atoms with Gasteiger partial charge in [0, 0.05) is 21.5 Å². The summed E-state index contributed by atoms with van der Waals surface area (Å²) in [5.41, 5.74) is 1.26. The lowest BCUT2D eigenvalue weighted by molar-refractivity contribution is 0.306. The van der Waals surface area contributed by atoms with Crippen molar-refractivity contribution in [1.82, 2.24) is 0 Å². The van der Waals surface area contributed by atoms with E-state index in [1.807, 2.05) is 0 Å². The molecule has 37 heavy (non-hydrogen) atoms. The fourth-order valence-electron chi connectivity index (χ4n) is 5.34. The van der Waals surface area contributed by atoms with Gasteiger partial charge < -0.3 is 9.47 Å². The first kappa shape index (κ1) is 29.3. The highest BCUT2D eigenvalue weighted by Crippen LogP contribution is 2.43. The highest BCUT2D eigenvalue weighted by molar-refractivity contribution is 6.11. The molecule has 0 bridgehead atoms. The molecule has 204 valence electrons. The maximum atomic E-state index is 6.53. The van der Waals surface area contributed by atoms with Gasteiger partial charge in [0.25, 0.3) is 0 Å². The number of rotatable bonds is 20. The van der Waals surface area contributed by atoms with Gasteiger partial charge in [-0.3, -0.25) is 0 Å². The highest BCUT2D eigenvalue weighted by atomic mass is 16.5. The summed E-state index contributed by atoms with van der Waals surface area (Å²) < 4.78 is 13.0. The topological polar surface area (TPSA) is 18.5 Å². The molecule has 0 aromatic heterocycles. The van der Waals surface area contributed by atoms with Crippen LogP contribution in [0.15, 0.2) is 42.5 Å². The summed E-state index contributed by atoms with van der Waals surface area (Å²) in [7, 11) is 0. The second-order valence-electron chi connectivity index (χ2n) is 10.9. The Bertz CT molecular complexity index is 1040. The van der Waals surface area contributed by atoms with E-state index in [4.69, 9.17) is 9.47 Å². The summed E-state index contributed by atoms with van der Waals surface area (Å²) in [4.78, 5) is 0. The smallest absolute Gasteiger partial charge is 0.135 e. The van der Waals surface area contributed by atoms with Crippen molar-refractivity contribution in [2.75, 3.05) is 13.2 Å². The fourth-order valence-corrected chi connectivity index (χ4v) is 5.34. The minimum Gasteiger partial charge on any atom is -0.492 e. The number of aryl methyl sites for hydroxylation is 1. The van der Waals surface area contributed by atoms with E-state index in [0.29, 0.717) is 0 Å². The second kappa shape index (κ2) is 17.3. The van der Waals surface area contributed by atoms with E-state index in [0.717, 1.165) is 37.6 Å². The molecule has 0 saturated heterocycles. The van der Waals surface area contributed by atoms with E-state index in [1.54, 1.807) is 0 Å². The van der Waals surface area contributed by atoms with Crippen molar-refractivity contribution in [3.8, 4) is 11.5 Å². The number of ether oxygens (including phenoxy) is 2. The zero-order valence-electron chi connectivity index (χ0n) is 24.1. The fraction of sp³-hybridized carbons (Fsp3) is 0.600. The first-order valence-electron chi connectivity index (χ1n) is 15.5. The molecule has 0 aliphatic heterocycles. The Kier molecular flexibility index (Phi) is 13.7. The molecule has 0 heterocycles. The van der Waals surface area contributed by atoms with Gasteiger partial charge in [-0.05, 0) is 25.8 Å². The standard InChI is InChI=1S/C35H52O2/c1-4-6-8-10-12-14-16-20-26-36-34-30-22-18-19-23-31(30)35(33-28-29(3)24-25-32(33)34)37-27-21-17-15-13-11-9-7-5-2/h18-19,22-25,28H,4-17,20-21,26-27H2,1-3H3. The molecule has 0 aliphatic carbocycles. The van der Waals surface area contributed by atoms with Crippen LogP contribution in [0, 0.1) is 6.92 Å². The maximum absolute atomic E-state index is 6.53. The third-order valence-electron chi connectivity index (χ3n) is 7.57. The average molecular weight is 505 g/mol. The van der Waals surface area contributed by atoms with Gasteiger partial charge >= 0.3 is 0 Å². The highest BCUT2D eigenvalue weighted by Gasteiger charge is 2.16. The second-order valence-corrected chi connectivity index (χ2v) is 10.9. The Balaban J connectivity index is 1.63. The van der Waals surface area contributed by atoms with Crippen LogP contribution in [0.2, 0.25) is 0 Å². The van der Waals surface area contributed by atoms with E-state index < -0.39 is 0 Å². The van der Waals surface area contributed by atoms with Crippen molar-refractivity contribution < 1.29 is 9.47 Å². The first-order valence-corrected chi connectivity index (χ1v) is 15.5. The van der Waals surface area contributed by atoms with Crippen LogP contribution in [-0.2, 0) is 0 Å². The van der Waals surface area contributed by atoms with Crippen LogP contribution < -0.4 is 9.47 Å². The summed E-state index contributed by atoms with van der Waals surface area (Å²) >= 11 is 0. The molecule has 0 saturated carbocycles. The van der Waals surface area contributed by atoms with E-state index in [9.17, 15) is 0 Å². The molecule has 0 atom stereocenters. The third kappa shape index (κ3) is 9.55. The van der Waals surface area contributed by atoms with Gasteiger partial charge in [-0.15, -0.1) is 0 Å². The van der Waals surface area contributed by atoms with Crippen LogP contribution >= 0.6 is 0 Å². The monoisotopic (exact) mass is 504 g/mol. The van der Waals surface area contributed by atoms with Crippen molar-refractivity contribution in [1.29, 1.82) is 0 Å². The van der Waals surface area contributed by atoms with Crippen LogP contribution in [0.3, 0.4) is 0 Å². The normalized spacial score (nSPS) is 11.4. The van der Waals surface area contributed by atoms with Gasteiger partial charge in [0.1, 0.15) is 11.5 Å². The third-order valence-corrected chi connectivity index (χ3v) is 7.57. The number of fused-ring (bicyclic) bond motifs is 2. The molecule has 0 unspecified atom stereocenters. The zero-order valence-corrected chi connectivity index (χ0v) is 24.1. The molecular weight excluding hydrogens is 452 g/mol. The lowest BCUT2D eigenvalue weighted by Gasteiger charge is -2.18. The molecule has 0 aliphatic rings. The van der Waals surface area contributed by atoms with E-state index in [2.05, 4.69) is 63.2 Å². The Morgan fingerprint density at radius 1 is 0.459 bits per heavy atom. The lowest BCUT2D eigenvalue weighted by Crippen LogP contribution is -2.02. The number of hydrogen-bond acceptors (Lipinski definition) is 2. The van der Waals surface area contributed by atoms with Crippen LogP contribution in [0.25, 0.3) is 21.5 Å². The largest absolute Gasteiger partial charge is 0.492 e. The Morgan fingerprint density at radius 2 is 0.865 bits per heavy atom. The van der Waals surface area contributed by atoms with E-state index >= 15 is 0 Å². The van der Waals surface area contributed by atoms with Crippen LogP contribution in [0.1, 0.15) is 122 Å². The van der Waals surface area contributed by atoms with Crippen molar-refractivity contribution in [2.24, 2.45) is 0 Å². The summed E-state index contributed by atoms with van der Waals surface area (Å²) in [5.74, 6) is 2.05. The van der Waals surface area contributed by atoms with Crippen molar-refractivity contribution in [3.05, 3.63) is 48.0 Å². The van der Waals surface area contributed by atoms with Crippen LogP contribution in [0.4, 0.5) is 0 Å². The molecule has 0 radical (unpaired) electrons. The Labute approximate surface area is 227 Å². The molecule has 3 aromatic rings. The molecule has 3 rings (SSSR count). The minimum absolute atomic E-state index is 0.778. The molecule has 2 nitrogen and oxygen atoms in total. The predicted octanol–water partition coefficient (Wildman–Crippen LogP) is 11.3. The molecular formula is C35H52O2. The van der Waals surface area contributed by atoms with Crippen molar-refractivity contribution in [3.63, 3.8) is 0 Å². The Morgan fingerprint density at radius 3 is 1.35 bits per heavy atom. The van der Waals surface area contributed by atoms with E-state index in [1.165, 1.54) is 117 Å². The maximum Gasteiger partial charge on any atom is 0.135 e. The van der Waals surface area contributed by atoms with Gasteiger partial charge in [-0.1, -0.05) is 146 Å². The minimum atomic E-state index is 0.778. The average Bonchev–Trinajstić information content (AvgIpc) is 2.91. The SMILES string of the molecule is CCCCCCCCCCOc1c2ccccc2c(OCCCCCCCCCC)c2cc(C)ccc12. The number of hydrogen-bond donors (Lipinski definition) is 0. The summed E-state index contributed by atoms with van der Waals surface area (Å²) in [6.07, 6.45) is 21.0. The quantitative estimate of drug-likeness (QED) is 0.112. The zero-order chi connectivity index (χ0) is 26.1. The van der Waals surface area contributed by atoms with Crippen LogP contribution in [0.5, 0.6) is 11.5 Å². The molecule has 3 aromatic carbocycles. The lowest BCUT2D eigenvalue weighted by atomic mass is 9.99. The molecule has 0 amide bonds.